The van der Waals surface area contributed by atoms with Gasteiger partial charge in [-0.25, -0.2) is 0 Å². The van der Waals surface area contributed by atoms with Crippen LogP contribution in [-0.2, 0) is 9.53 Å². The molecule has 2 N–H and O–H groups in total. The van der Waals surface area contributed by atoms with Crippen LogP contribution in [-0.4, -0.2) is 66.2 Å². The monoisotopic (exact) mass is 369 g/mol. The average molecular weight is 370 g/mol. The third kappa shape index (κ3) is 6.05. The van der Waals surface area contributed by atoms with Crippen LogP contribution >= 0.6 is 24.8 Å². The zero-order valence-electron chi connectivity index (χ0n) is 14.7. The maximum Gasteiger partial charge on any atom is 0.240 e. The summed E-state index contributed by atoms with van der Waals surface area (Å²) in [5.74, 6) is 0.587. The van der Waals surface area contributed by atoms with E-state index in [0.717, 1.165) is 39.0 Å². The molecule has 2 rings (SSSR count). The zero-order chi connectivity index (χ0) is 15.6. The number of halogens is 2. The molecule has 2 aliphatic rings. The fraction of sp³-hybridized carbons (Fsp3) is 0.938. The first-order chi connectivity index (χ1) is 9.88. The summed E-state index contributed by atoms with van der Waals surface area (Å²) in [7, 11) is 0. The van der Waals surface area contributed by atoms with Crippen LogP contribution < -0.4 is 5.73 Å². The van der Waals surface area contributed by atoms with Crippen LogP contribution in [0.1, 0.15) is 40.5 Å². The Morgan fingerprint density at radius 1 is 1.09 bits per heavy atom. The fourth-order valence-corrected chi connectivity index (χ4v) is 3.61. The van der Waals surface area contributed by atoms with E-state index >= 15 is 0 Å². The number of ether oxygens (including phenoxy) is 1. The number of carbonyl (C=O) groups excluding carboxylic acids is 1. The van der Waals surface area contributed by atoms with Gasteiger partial charge in [0.1, 0.15) is 0 Å². The number of piperidine rings is 1. The maximum atomic E-state index is 13.0. The van der Waals surface area contributed by atoms with Crippen LogP contribution in [0, 0.1) is 5.92 Å². The van der Waals surface area contributed by atoms with Gasteiger partial charge in [0.15, 0.2) is 0 Å². The first-order valence-electron chi connectivity index (χ1n) is 8.32. The lowest BCUT2D eigenvalue weighted by atomic mass is 9.97. The van der Waals surface area contributed by atoms with Gasteiger partial charge in [-0.2, -0.15) is 0 Å². The van der Waals surface area contributed by atoms with E-state index in [2.05, 4.69) is 32.6 Å². The number of morpholine rings is 1. The Morgan fingerprint density at radius 2 is 1.57 bits per heavy atom. The minimum atomic E-state index is -0.0341. The number of hydrogen-bond donors (Lipinski definition) is 1. The van der Waals surface area contributed by atoms with Crippen molar-refractivity contribution < 1.29 is 9.53 Å². The highest BCUT2D eigenvalue weighted by Gasteiger charge is 2.37. The zero-order valence-corrected chi connectivity index (χ0v) is 16.4. The summed E-state index contributed by atoms with van der Waals surface area (Å²) in [5, 5.41) is 0. The highest BCUT2D eigenvalue weighted by molar-refractivity contribution is 5.85. The molecule has 0 saturated carbocycles. The lowest BCUT2D eigenvalue weighted by molar-refractivity contribution is -0.146. The van der Waals surface area contributed by atoms with E-state index in [1.165, 1.54) is 0 Å². The van der Waals surface area contributed by atoms with Crippen molar-refractivity contribution in [2.75, 3.05) is 26.2 Å². The third-order valence-electron chi connectivity index (χ3n) is 4.58. The third-order valence-corrected chi connectivity index (χ3v) is 4.58. The number of rotatable bonds is 3. The second-order valence-electron chi connectivity index (χ2n) is 7.06. The highest BCUT2D eigenvalue weighted by atomic mass is 35.5. The number of likely N-dealkylation sites (tertiary alicyclic amines) is 1. The molecule has 0 aliphatic carbocycles. The van der Waals surface area contributed by atoms with Crippen molar-refractivity contribution in [2.45, 2.75) is 64.8 Å². The van der Waals surface area contributed by atoms with Crippen LogP contribution in [0.4, 0.5) is 0 Å². The van der Waals surface area contributed by atoms with E-state index in [0.29, 0.717) is 5.92 Å². The molecular weight excluding hydrogens is 337 g/mol. The van der Waals surface area contributed by atoms with Gasteiger partial charge in [-0.3, -0.25) is 9.69 Å². The van der Waals surface area contributed by atoms with E-state index in [1.54, 1.807) is 0 Å². The van der Waals surface area contributed by atoms with Crippen molar-refractivity contribution in [2.24, 2.45) is 11.7 Å². The fourth-order valence-electron chi connectivity index (χ4n) is 3.61. The predicted octanol–water partition coefficient (Wildman–Crippen LogP) is 1.91. The van der Waals surface area contributed by atoms with Gasteiger partial charge >= 0.3 is 0 Å². The molecule has 2 aliphatic heterocycles. The standard InChI is InChI=1S/C16H31N3O2.2ClH/c1-11(2)15(19-9-12(3)21-13(4)10-19)16(20)18-7-5-14(17)6-8-18;;/h11-15H,5-10,17H2,1-4H3;2*1H. The molecule has 0 aromatic carbocycles. The Labute approximate surface area is 153 Å². The van der Waals surface area contributed by atoms with E-state index in [4.69, 9.17) is 10.5 Å². The Kier molecular flexibility index (Phi) is 10.0. The summed E-state index contributed by atoms with van der Waals surface area (Å²) in [6.07, 6.45) is 2.23. The first kappa shape index (κ1) is 22.9. The largest absolute Gasteiger partial charge is 0.373 e. The molecule has 0 bridgehead atoms. The molecule has 0 radical (unpaired) electrons. The molecule has 3 unspecified atom stereocenters. The van der Waals surface area contributed by atoms with Crippen molar-refractivity contribution in [1.82, 2.24) is 9.80 Å². The van der Waals surface area contributed by atoms with E-state index in [9.17, 15) is 4.79 Å². The Hall–Kier alpha value is -0.0700. The van der Waals surface area contributed by atoms with Crippen molar-refractivity contribution in [1.29, 1.82) is 0 Å². The van der Waals surface area contributed by atoms with Crippen LogP contribution in [0.2, 0.25) is 0 Å². The molecule has 2 fully saturated rings. The van der Waals surface area contributed by atoms with Crippen molar-refractivity contribution in [3.8, 4) is 0 Å². The number of nitrogens with two attached hydrogens (primary N) is 1. The van der Waals surface area contributed by atoms with Gasteiger partial charge in [-0.15, -0.1) is 24.8 Å². The van der Waals surface area contributed by atoms with Crippen LogP contribution in [0.15, 0.2) is 0 Å². The first-order valence-corrected chi connectivity index (χ1v) is 8.32. The number of nitrogens with zero attached hydrogens (tertiary/aromatic N) is 2. The minimum absolute atomic E-state index is 0. The molecule has 0 aromatic rings. The van der Waals surface area contributed by atoms with Crippen molar-refractivity contribution in [3.63, 3.8) is 0 Å². The molecule has 5 nitrogen and oxygen atoms in total. The van der Waals surface area contributed by atoms with Gasteiger partial charge in [0.05, 0.1) is 18.2 Å². The second-order valence-corrected chi connectivity index (χ2v) is 7.06. The Bertz CT molecular complexity index is 353. The molecule has 2 heterocycles. The van der Waals surface area contributed by atoms with Gasteiger partial charge < -0.3 is 15.4 Å². The Balaban J connectivity index is 0.00000242. The highest BCUT2D eigenvalue weighted by Crippen LogP contribution is 2.21. The van der Waals surface area contributed by atoms with Gasteiger partial charge in [0.25, 0.3) is 0 Å². The minimum Gasteiger partial charge on any atom is -0.373 e. The molecule has 138 valence electrons. The van der Waals surface area contributed by atoms with Crippen LogP contribution in [0.5, 0.6) is 0 Å². The average Bonchev–Trinajstić information content (AvgIpc) is 2.37. The topological polar surface area (TPSA) is 58.8 Å². The molecule has 2 saturated heterocycles. The second kappa shape index (κ2) is 10.0. The molecule has 7 heteroatoms. The van der Waals surface area contributed by atoms with Crippen LogP contribution in [0.3, 0.4) is 0 Å². The van der Waals surface area contributed by atoms with Crippen LogP contribution in [0.25, 0.3) is 0 Å². The normalized spacial score (nSPS) is 28.0. The maximum absolute atomic E-state index is 13.0. The van der Waals surface area contributed by atoms with E-state index in [-0.39, 0.29) is 55.0 Å². The summed E-state index contributed by atoms with van der Waals surface area (Å²) < 4.78 is 5.80. The SMILES string of the molecule is CC1CN(C(C(=O)N2CCC(N)CC2)C(C)C)CC(C)O1.Cl.Cl. The molecule has 0 aromatic heterocycles. The molecule has 3 atom stereocenters. The van der Waals surface area contributed by atoms with Gasteiger partial charge in [0.2, 0.25) is 5.91 Å². The summed E-state index contributed by atoms with van der Waals surface area (Å²) in [4.78, 5) is 17.3. The molecule has 23 heavy (non-hydrogen) atoms. The lowest BCUT2D eigenvalue weighted by Gasteiger charge is -2.43. The summed E-state index contributed by atoms with van der Waals surface area (Å²) in [6.45, 7) is 11.7. The predicted molar refractivity (Wildman–Crippen MR) is 98.5 cm³/mol. The summed E-state index contributed by atoms with van der Waals surface area (Å²) in [5.41, 5.74) is 5.95. The number of amides is 1. The van der Waals surface area contributed by atoms with Gasteiger partial charge in [-0.1, -0.05) is 13.8 Å². The smallest absolute Gasteiger partial charge is 0.240 e. The Morgan fingerprint density at radius 3 is 2.00 bits per heavy atom. The van der Waals surface area contributed by atoms with E-state index in [1.807, 2.05) is 4.90 Å². The van der Waals surface area contributed by atoms with Gasteiger partial charge in [0, 0.05) is 32.2 Å². The van der Waals surface area contributed by atoms with Crippen molar-refractivity contribution in [3.05, 3.63) is 0 Å². The molecular formula is C16H33Cl2N3O2. The molecule has 1 amide bonds. The number of hydrogen-bond acceptors (Lipinski definition) is 4. The van der Waals surface area contributed by atoms with Gasteiger partial charge in [-0.05, 0) is 32.6 Å². The molecule has 0 spiro atoms. The lowest BCUT2D eigenvalue weighted by Crippen LogP contribution is -2.58. The van der Waals surface area contributed by atoms with E-state index < -0.39 is 0 Å². The summed E-state index contributed by atoms with van der Waals surface area (Å²) >= 11 is 0. The summed E-state index contributed by atoms with van der Waals surface area (Å²) in [6, 6.07) is 0.225. The number of carbonyl (C=O) groups is 1. The quantitative estimate of drug-likeness (QED) is 0.825. The van der Waals surface area contributed by atoms with Crippen molar-refractivity contribution >= 4 is 30.7 Å².